The Labute approximate surface area is 153 Å². The third kappa shape index (κ3) is 4.37. The highest BCUT2D eigenvalue weighted by Gasteiger charge is 2.21. The molecule has 1 aliphatic rings. The predicted octanol–water partition coefficient (Wildman–Crippen LogP) is 1.55. The second-order valence-electron chi connectivity index (χ2n) is 6.53. The molecule has 3 rings (SSSR count). The summed E-state index contributed by atoms with van der Waals surface area (Å²) in [6, 6.07) is 8.87. The number of carbonyl (C=O) groups is 1. The lowest BCUT2D eigenvalue weighted by Crippen LogP contribution is -2.31. The maximum atomic E-state index is 12.4. The molecular formula is C19H24N6O. The van der Waals surface area contributed by atoms with Crippen molar-refractivity contribution >= 4 is 17.7 Å². The molecule has 1 amide bonds. The highest BCUT2D eigenvalue weighted by Crippen LogP contribution is 2.20. The van der Waals surface area contributed by atoms with E-state index >= 15 is 0 Å². The number of nitrogens with two attached hydrogens (primary N) is 2. The number of nitrogen functional groups attached to an aromatic ring is 2. The van der Waals surface area contributed by atoms with Gasteiger partial charge in [-0.15, -0.1) is 6.58 Å². The third-order valence-electron chi connectivity index (χ3n) is 4.51. The molecule has 0 bridgehead atoms. The Morgan fingerprint density at radius 2 is 2.08 bits per heavy atom. The first-order chi connectivity index (χ1) is 12.5. The van der Waals surface area contributed by atoms with Crippen LogP contribution in [0, 0.1) is 5.92 Å². The number of amides is 1. The lowest BCUT2D eigenvalue weighted by molar-refractivity contribution is 0.0947. The van der Waals surface area contributed by atoms with Crippen LogP contribution in [0.1, 0.15) is 16.8 Å². The second kappa shape index (κ2) is 7.97. The molecule has 1 fully saturated rings. The summed E-state index contributed by atoms with van der Waals surface area (Å²) in [5.41, 5.74) is 13.4. The van der Waals surface area contributed by atoms with Crippen LogP contribution in [0.4, 0.5) is 11.8 Å². The van der Waals surface area contributed by atoms with Crippen LogP contribution in [0.3, 0.4) is 0 Å². The summed E-state index contributed by atoms with van der Waals surface area (Å²) >= 11 is 0. The van der Waals surface area contributed by atoms with Crippen molar-refractivity contribution in [1.82, 2.24) is 20.2 Å². The monoisotopic (exact) mass is 352 g/mol. The molecule has 1 aromatic heterocycles. The van der Waals surface area contributed by atoms with Crippen LogP contribution in [-0.2, 0) is 0 Å². The zero-order valence-electron chi connectivity index (χ0n) is 14.7. The zero-order valence-corrected chi connectivity index (χ0v) is 14.7. The molecule has 136 valence electrons. The van der Waals surface area contributed by atoms with Crippen molar-refractivity contribution in [3.8, 4) is 11.3 Å². The number of hydrogen-bond acceptors (Lipinski definition) is 6. The van der Waals surface area contributed by atoms with Gasteiger partial charge < -0.3 is 16.8 Å². The Balaban J connectivity index is 1.58. The molecule has 7 heteroatoms. The molecular weight excluding hydrogens is 328 g/mol. The van der Waals surface area contributed by atoms with Crippen molar-refractivity contribution in [2.24, 2.45) is 5.92 Å². The molecule has 1 saturated heterocycles. The summed E-state index contributed by atoms with van der Waals surface area (Å²) < 4.78 is 0. The normalized spacial score (nSPS) is 17.2. The lowest BCUT2D eigenvalue weighted by atomic mass is 10.1. The Morgan fingerprint density at radius 3 is 2.77 bits per heavy atom. The van der Waals surface area contributed by atoms with Gasteiger partial charge in [0.05, 0.1) is 5.69 Å². The molecule has 2 aromatic rings. The molecule has 7 nitrogen and oxygen atoms in total. The number of benzene rings is 1. The van der Waals surface area contributed by atoms with Gasteiger partial charge in [0, 0.05) is 36.8 Å². The van der Waals surface area contributed by atoms with Crippen LogP contribution in [0.25, 0.3) is 11.3 Å². The zero-order chi connectivity index (χ0) is 18.5. The summed E-state index contributed by atoms with van der Waals surface area (Å²) in [5.74, 6) is 0.867. The van der Waals surface area contributed by atoms with Crippen LogP contribution in [0.15, 0.2) is 43.0 Å². The largest absolute Gasteiger partial charge is 0.384 e. The number of likely N-dealkylation sites (tertiary alicyclic amines) is 1. The molecule has 5 N–H and O–H groups in total. The molecule has 1 atom stereocenters. The van der Waals surface area contributed by atoms with E-state index in [9.17, 15) is 4.79 Å². The Kier molecular flexibility index (Phi) is 5.48. The van der Waals surface area contributed by atoms with E-state index in [1.54, 1.807) is 18.2 Å². The van der Waals surface area contributed by atoms with Gasteiger partial charge >= 0.3 is 0 Å². The first-order valence-electron chi connectivity index (χ1n) is 8.67. The molecule has 0 unspecified atom stereocenters. The van der Waals surface area contributed by atoms with Gasteiger partial charge in [0.1, 0.15) is 5.82 Å². The van der Waals surface area contributed by atoms with Crippen molar-refractivity contribution < 1.29 is 4.79 Å². The van der Waals surface area contributed by atoms with E-state index in [1.165, 1.54) is 0 Å². The summed E-state index contributed by atoms with van der Waals surface area (Å²) in [6.45, 7) is 7.43. The smallest absolute Gasteiger partial charge is 0.251 e. The maximum absolute atomic E-state index is 12.4. The van der Waals surface area contributed by atoms with Crippen LogP contribution >= 0.6 is 0 Å². The second-order valence-corrected chi connectivity index (χ2v) is 6.53. The molecule has 0 spiro atoms. The Bertz CT molecular complexity index is 769. The average molecular weight is 352 g/mol. The number of aromatic nitrogens is 2. The molecule has 1 aromatic carbocycles. The van der Waals surface area contributed by atoms with E-state index < -0.39 is 0 Å². The molecule has 1 aliphatic heterocycles. The molecule has 0 radical (unpaired) electrons. The summed E-state index contributed by atoms with van der Waals surface area (Å²) in [4.78, 5) is 22.7. The standard InChI is InChI=1S/C19H24N6O/c1-2-8-25-9-7-13(12-25)11-22-18(26)15-5-3-14(4-6-15)16-10-17(20)24-19(21)23-16/h2-6,10,13H,1,7-9,11-12H2,(H,22,26)(H4,20,21,23,24)/t13-/m0/s1. The topological polar surface area (TPSA) is 110 Å². The minimum atomic E-state index is -0.0690. The number of nitrogens with zero attached hydrogens (tertiary/aromatic N) is 3. The highest BCUT2D eigenvalue weighted by atomic mass is 16.1. The van der Waals surface area contributed by atoms with Gasteiger partial charge in [-0.25, -0.2) is 4.98 Å². The minimum Gasteiger partial charge on any atom is -0.384 e. The summed E-state index contributed by atoms with van der Waals surface area (Å²) in [6.07, 6.45) is 3.02. The fourth-order valence-electron chi connectivity index (χ4n) is 3.19. The number of rotatable bonds is 6. The van der Waals surface area contributed by atoms with Gasteiger partial charge in [-0.1, -0.05) is 18.2 Å². The minimum absolute atomic E-state index is 0.0690. The van der Waals surface area contributed by atoms with E-state index in [0.717, 1.165) is 31.6 Å². The van der Waals surface area contributed by atoms with Crippen LogP contribution in [0.2, 0.25) is 0 Å². The quantitative estimate of drug-likeness (QED) is 0.680. The summed E-state index contributed by atoms with van der Waals surface area (Å²) in [7, 11) is 0. The van der Waals surface area contributed by atoms with Gasteiger partial charge in [-0.3, -0.25) is 9.69 Å². The molecule has 2 heterocycles. The van der Waals surface area contributed by atoms with Crippen LogP contribution < -0.4 is 16.8 Å². The van der Waals surface area contributed by atoms with Gasteiger partial charge in [-0.2, -0.15) is 4.98 Å². The fraction of sp³-hybridized carbons (Fsp3) is 0.316. The van der Waals surface area contributed by atoms with E-state index in [2.05, 4.69) is 26.8 Å². The first kappa shape index (κ1) is 17.9. The molecule has 0 aliphatic carbocycles. The number of carbonyl (C=O) groups excluding carboxylic acids is 1. The van der Waals surface area contributed by atoms with E-state index in [1.807, 2.05) is 18.2 Å². The first-order valence-corrected chi connectivity index (χ1v) is 8.67. The number of hydrogen-bond donors (Lipinski definition) is 3. The van der Waals surface area contributed by atoms with Gasteiger partial charge in [0.2, 0.25) is 5.95 Å². The molecule has 0 saturated carbocycles. The van der Waals surface area contributed by atoms with Crippen molar-refractivity contribution in [3.63, 3.8) is 0 Å². The van der Waals surface area contributed by atoms with Crippen molar-refractivity contribution in [3.05, 3.63) is 48.6 Å². The lowest BCUT2D eigenvalue weighted by Gasteiger charge is -2.14. The van der Waals surface area contributed by atoms with E-state index in [4.69, 9.17) is 11.5 Å². The van der Waals surface area contributed by atoms with Crippen LogP contribution in [0.5, 0.6) is 0 Å². The third-order valence-corrected chi connectivity index (χ3v) is 4.51. The van der Waals surface area contributed by atoms with Crippen LogP contribution in [-0.4, -0.2) is 47.0 Å². The van der Waals surface area contributed by atoms with Gasteiger partial charge in [0.25, 0.3) is 5.91 Å². The number of anilines is 2. The van der Waals surface area contributed by atoms with E-state index in [0.29, 0.717) is 29.5 Å². The van der Waals surface area contributed by atoms with Gasteiger partial charge in [0.15, 0.2) is 0 Å². The highest BCUT2D eigenvalue weighted by molar-refractivity contribution is 5.94. The maximum Gasteiger partial charge on any atom is 0.251 e. The van der Waals surface area contributed by atoms with Crippen molar-refractivity contribution in [1.29, 1.82) is 0 Å². The molecule has 26 heavy (non-hydrogen) atoms. The van der Waals surface area contributed by atoms with Gasteiger partial charge in [-0.05, 0) is 31.0 Å². The van der Waals surface area contributed by atoms with E-state index in [-0.39, 0.29) is 11.9 Å². The summed E-state index contributed by atoms with van der Waals surface area (Å²) in [5, 5.41) is 3.02. The number of nitrogens with one attached hydrogen (secondary N) is 1. The van der Waals surface area contributed by atoms with Crippen molar-refractivity contribution in [2.75, 3.05) is 37.6 Å². The Morgan fingerprint density at radius 1 is 1.31 bits per heavy atom. The fourth-order valence-corrected chi connectivity index (χ4v) is 3.19. The Hall–Kier alpha value is -2.93. The predicted molar refractivity (Wildman–Crippen MR) is 103 cm³/mol. The SMILES string of the molecule is C=CCN1CC[C@@H](CNC(=O)c2ccc(-c3cc(N)nc(N)n3)cc2)C1. The average Bonchev–Trinajstić information content (AvgIpc) is 3.07. The van der Waals surface area contributed by atoms with Crippen molar-refractivity contribution in [2.45, 2.75) is 6.42 Å².